The number of aliphatic hydroxyl groups excluding tert-OH is 1. The van der Waals surface area contributed by atoms with E-state index in [1.54, 1.807) is 0 Å². The first-order chi connectivity index (χ1) is 9.41. The quantitative estimate of drug-likeness (QED) is 0.787. The molecular formula is C14H21N3O2S. The Labute approximate surface area is 122 Å². The molecule has 5 nitrogen and oxygen atoms in total. The maximum Gasteiger partial charge on any atom is 0.268 e. The Morgan fingerprint density at radius 3 is 2.90 bits per heavy atom. The van der Waals surface area contributed by atoms with Crippen LogP contribution in [0.4, 0.5) is 0 Å². The van der Waals surface area contributed by atoms with E-state index in [2.05, 4.69) is 36.1 Å². The summed E-state index contributed by atoms with van der Waals surface area (Å²) >= 11 is 1.40. The average molecular weight is 295 g/mol. The number of thiophene rings is 1. The van der Waals surface area contributed by atoms with Crippen LogP contribution in [0.3, 0.4) is 0 Å². The molecule has 1 unspecified atom stereocenters. The fourth-order valence-corrected chi connectivity index (χ4v) is 2.92. The monoisotopic (exact) mass is 295 g/mol. The highest BCUT2D eigenvalue weighted by molar-refractivity contribution is 7.17. The van der Waals surface area contributed by atoms with Crippen molar-refractivity contribution in [3.05, 3.63) is 27.6 Å². The lowest BCUT2D eigenvalue weighted by atomic mass is 9.85. The Bertz CT molecular complexity index is 627. The average Bonchev–Trinajstić information content (AvgIpc) is 2.81. The first-order valence-corrected chi connectivity index (χ1v) is 7.60. The van der Waals surface area contributed by atoms with Gasteiger partial charge in [0.1, 0.15) is 10.5 Å². The van der Waals surface area contributed by atoms with Crippen LogP contribution in [0.15, 0.2) is 16.2 Å². The summed E-state index contributed by atoms with van der Waals surface area (Å²) in [5.41, 5.74) is 0.691. The molecule has 3 N–H and O–H groups in total. The van der Waals surface area contributed by atoms with Crippen molar-refractivity contribution in [2.45, 2.75) is 39.8 Å². The van der Waals surface area contributed by atoms with Crippen molar-refractivity contribution in [2.24, 2.45) is 5.41 Å². The molecular weight excluding hydrogens is 274 g/mol. The Morgan fingerprint density at radius 1 is 1.50 bits per heavy atom. The third-order valence-corrected chi connectivity index (χ3v) is 4.25. The van der Waals surface area contributed by atoms with Crippen LogP contribution in [-0.4, -0.2) is 27.7 Å². The van der Waals surface area contributed by atoms with Crippen LogP contribution in [-0.2, 0) is 6.54 Å². The molecule has 0 saturated carbocycles. The van der Waals surface area contributed by atoms with Crippen molar-refractivity contribution in [3.8, 4) is 0 Å². The standard InChI is InChI=1S/C14H21N3O2S/c1-14(2,3)10(4-6-18)15-8-11-16-9-5-7-20-12(9)13(19)17-11/h5,7,10,15,18H,4,6,8H2,1-3H3,(H,16,17,19). The maximum absolute atomic E-state index is 11.9. The molecule has 2 rings (SSSR count). The highest BCUT2D eigenvalue weighted by atomic mass is 32.1. The summed E-state index contributed by atoms with van der Waals surface area (Å²) in [5, 5.41) is 14.4. The van der Waals surface area contributed by atoms with E-state index in [0.717, 1.165) is 5.52 Å². The number of H-pyrrole nitrogens is 1. The third kappa shape index (κ3) is 3.45. The number of hydrogen-bond donors (Lipinski definition) is 3. The van der Waals surface area contributed by atoms with Gasteiger partial charge in [-0.3, -0.25) is 4.79 Å². The molecule has 20 heavy (non-hydrogen) atoms. The van der Waals surface area contributed by atoms with E-state index in [1.165, 1.54) is 11.3 Å². The van der Waals surface area contributed by atoms with E-state index in [0.29, 0.717) is 23.5 Å². The summed E-state index contributed by atoms with van der Waals surface area (Å²) < 4.78 is 0.663. The molecule has 0 aliphatic heterocycles. The van der Waals surface area contributed by atoms with Gasteiger partial charge in [0.15, 0.2) is 0 Å². The number of fused-ring (bicyclic) bond motifs is 1. The van der Waals surface area contributed by atoms with E-state index in [1.807, 2.05) is 11.4 Å². The zero-order valence-electron chi connectivity index (χ0n) is 12.1. The SMILES string of the molecule is CC(C)(C)C(CCO)NCc1nc2ccsc2c(=O)[nH]1. The lowest BCUT2D eigenvalue weighted by Gasteiger charge is -2.31. The zero-order valence-corrected chi connectivity index (χ0v) is 12.9. The molecule has 1 atom stereocenters. The predicted molar refractivity (Wildman–Crippen MR) is 82.0 cm³/mol. The van der Waals surface area contributed by atoms with Gasteiger partial charge in [0, 0.05) is 12.6 Å². The smallest absolute Gasteiger partial charge is 0.268 e. The Hall–Kier alpha value is -1.24. The van der Waals surface area contributed by atoms with E-state index < -0.39 is 0 Å². The van der Waals surface area contributed by atoms with Crippen LogP contribution < -0.4 is 10.9 Å². The molecule has 0 aliphatic carbocycles. The molecule has 110 valence electrons. The summed E-state index contributed by atoms with van der Waals surface area (Å²) in [5.74, 6) is 0.632. The third-order valence-electron chi connectivity index (χ3n) is 3.34. The first-order valence-electron chi connectivity index (χ1n) is 6.72. The van der Waals surface area contributed by atoms with Crippen molar-refractivity contribution in [1.29, 1.82) is 0 Å². The zero-order chi connectivity index (χ0) is 14.8. The van der Waals surface area contributed by atoms with Gasteiger partial charge in [-0.25, -0.2) is 4.98 Å². The predicted octanol–water partition coefficient (Wildman–Crippen LogP) is 1.87. The van der Waals surface area contributed by atoms with Gasteiger partial charge in [0.05, 0.1) is 12.1 Å². The van der Waals surface area contributed by atoms with Crippen molar-refractivity contribution in [1.82, 2.24) is 15.3 Å². The highest BCUT2D eigenvalue weighted by Gasteiger charge is 2.23. The molecule has 0 spiro atoms. The summed E-state index contributed by atoms with van der Waals surface area (Å²) in [4.78, 5) is 19.1. The Kier molecular flexibility index (Phi) is 4.57. The molecule has 2 aromatic heterocycles. The van der Waals surface area contributed by atoms with Crippen LogP contribution in [0, 0.1) is 5.41 Å². The van der Waals surface area contributed by atoms with Gasteiger partial charge in [-0.2, -0.15) is 0 Å². The van der Waals surface area contributed by atoms with Crippen molar-refractivity contribution >= 4 is 21.6 Å². The van der Waals surface area contributed by atoms with Crippen LogP contribution in [0.25, 0.3) is 10.2 Å². The lowest BCUT2D eigenvalue weighted by Crippen LogP contribution is -2.41. The minimum absolute atomic E-state index is 0.0372. The van der Waals surface area contributed by atoms with Gasteiger partial charge in [-0.1, -0.05) is 20.8 Å². The molecule has 0 bridgehead atoms. The van der Waals surface area contributed by atoms with Crippen molar-refractivity contribution < 1.29 is 5.11 Å². The number of nitrogens with zero attached hydrogens (tertiary/aromatic N) is 1. The minimum atomic E-state index is -0.0868. The topological polar surface area (TPSA) is 78.0 Å². The minimum Gasteiger partial charge on any atom is -0.396 e. The fraction of sp³-hybridized carbons (Fsp3) is 0.571. The summed E-state index contributed by atoms with van der Waals surface area (Å²) in [6.45, 7) is 7.00. The second kappa shape index (κ2) is 6.03. The summed E-state index contributed by atoms with van der Waals surface area (Å²) in [7, 11) is 0. The Morgan fingerprint density at radius 2 is 2.25 bits per heavy atom. The normalized spacial score (nSPS) is 13.8. The molecule has 0 aromatic carbocycles. The molecule has 6 heteroatoms. The molecule has 0 fully saturated rings. The second-order valence-electron chi connectivity index (χ2n) is 5.96. The fourth-order valence-electron chi connectivity index (χ4n) is 2.20. The van der Waals surface area contributed by atoms with E-state index >= 15 is 0 Å². The van der Waals surface area contributed by atoms with Gasteiger partial charge >= 0.3 is 0 Å². The molecule has 0 amide bonds. The number of rotatable bonds is 5. The van der Waals surface area contributed by atoms with Gasteiger partial charge in [-0.05, 0) is 23.3 Å². The summed E-state index contributed by atoms with van der Waals surface area (Å²) in [6.07, 6.45) is 0.675. The van der Waals surface area contributed by atoms with Crippen LogP contribution in [0.2, 0.25) is 0 Å². The highest BCUT2D eigenvalue weighted by Crippen LogP contribution is 2.22. The number of aromatic amines is 1. The van der Waals surface area contributed by atoms with Crippen LogP contribution in [0.5, 0.6) is 0 Å². The summed E-state index contributed by atoms with van der Waals surface area (Å²) in [6, 6.07) is 2.02. The van der Waals surface area contributed by atoms with Gasteiger partial charge in [-0.15, -0.1) is 11.3 Å². The molecule has 0 saturated heterocycles. The van der Waals surface area contributed by atoms with Gasteiger partial charge in [0.25, 0.3) is 5.56 Å². The molecule has 0 radical (unpaired) electrons. The van der Waals surface area contributed by atoms with E-state index in [-0.39, 0.29) is 23.6 Å². The largest absolute Gasteiger partial charge is 0.396 e. The number of aromatic nitrogens is 2. The number of aliphatic hydroxyl groups is 1. The number of hydrogen-bond acceptors (Lipinski definition) is 5. The van der Waals surface area contributed by atoms with Gasteiger partial charge < -0.3 is 15.4 Å². The molecule has 2 heterocycles. The van der Waals surface area contributed by atoms with Crippen molar-refractivity contribution in [2.75, 3.05) is 6.61 Å². The van der Waals surface area contributed by atoms with Crippen LogP contribution in [0.1, 0.15) is 33.0 Å². The second-order valence-corrected chi connectivity index (χ2v) is 6.88. The number of nitrogens with one attached hydrogen (secondary N) is 2. The Balaban J connectivity index is 2.13. The van der Waals surface area contributed by atoms with E-state index in [9.17, 15) is 4.79 Å². The first kappa shape index (κ1) is 15.2. The van der Waals surface area contributed by atoms with Crippen LogP contribution >= 0.6 is 11.3 Å². The molecule has 2 aromatic rings. The lowest BCUT2D eigenvalue weighted by molar-refractivity contribution is 0.195. The van der Waals surface area contributed by atoms with E-state index in [4.69, 9.17) is 5.11 Å². The molecule has 0 aliphatic rings. The maximum atomic E-state index is 11.9. The van der Waals surface area contributed by atoms with Gasteiger partial charge in [0.2, 0.25) is 0 Å². The van der Waals surface area contributed by atoms with Crippen molar-refractivity contribution in [3.63, 3.8) is 0 Å².